The van der Waals surface area contributed by atoms with Crippen LogP contribution in [-0.4, -0.2) is 6.29 Å². The molecule has 23 heavy (non-hydrogen) atoms. The summed E-state index contributed by atoms with van der Waals surface area (Å²) in [6.45, 7) is 13.8. The number of aryl methyl sites for hydroxylation is 1. The van der Waals surface area contributed by atoms with E-state index in [2.05, 4.69) is 53.7 Å². The van der Waals surface area contributed by atoms with E-state index >= 15 is 0 Å². The van der Waals surface area contributed by atoms with Crippen LogP contribution in [0.5, 0.6) is 0 Å². The normalized spacial score (nSPS) is 19.3. The molecule has 1 aromatic carbocycles. The number of carbonyl (C=O) groups excluding carboxylic acids is 1. The van der Waals surface area contributed by atoms with Gasteiger partial charge in [-0.2, -0.15) is 0 Å². The monoisotopic (exact) mass is 312 g/mol. The van der Waals surface area contributed by atoms with Gasteiger partial charge in [-0.1, -0.05) is 53.2 Å². The molecule has 1 aromatic rings. The zero-order valence-corrected chi connectivity index (χ0v) is 15.8. The average molecular weight is 312 g/mol. The summed E-state index contributed by atoms with van der Waals surface area (Å²) in [5, 5.41) is 0. The summed E-state index contributed by atoms with van der Waals surface area (Å²) in [5.74, 6) is 0. The first-order chi connectivity index (χ1) is 10.7. The highest BCUT2D eigenvalue weighted by Gasteiger charge is 2.37. The second kappa shape index (κ2) is 6.63. The summed E-state index contributed by atoms with van der Waals surface area (Å²) >= 11 is 0. The van der Waals surface area contributed by atoms with Gasteiger partial charge in [0.1, 0.15) is 6.29 Å². The smallest absolute Gasteiger partial charge is 0.143 e. The molecule has 0 radical (unpaired) electrons. The molecule has 0 atom stereocenters. The Morgan fingerprint density at radius 3 is 2.17 bits per heavy atom. The van der Waals surface area contributed by atoms with Crippen LogP contribution in [0.15, 0.2) is 18.2 Å². The first kappa shape index (κ1) is 18.0. The molecule has 0 amide bonds. The zero-order chi connectivity index (χ0) is 17.3. The van der Waals surface area contributed by atoms with Gasteiger partial charge >= 0.3 is 0 Å². The number of rotatable bonds is 5. The lowest BCUT2D eigenvalue weighted by molar-refractivity contribution is -0.104. The lowest BCUT2D eigenvalue weighted by Crippen LogP contribution is -2.34. The molecule has 0 aliphatic heterocycles. The summed E-state index contributed by atoms with van der Waals surface area (Å²) < 4.78 is 0. The number of aldehydes is 1. The molecule has 0 aromatic heterocycles. The molecule has 0 N–H and O–H groups in total. The minimum Gasteiger partial charge on any atom is -0.299 e. The standard InChI is InChI=1S/C22H32O/c1-7-8-9-17-14-19-20(15-18(17)16(2)10-13-23)22(5,6)12-11-21(19,3)4/h10,13-15H,7-9,11-12H2,1-6H3. The van der Waals surface area contributed by atoms with Crippen LogP contribution in [0.1, 0.15) is 89.5 Å². The summed E-state index contributed by atoms with van der Waals surface area (Å²) in [6.07, 6.45) is 8.57. The van der Waals surface area contributed by atoms with Gasteiger partial charge in [0.05, 0.1) is 0 Å². The van der Waals surface area contributed by atoms with Crippen molar-refractivity contribution in [1.82, 2.24) is 0 Å². The van der Waals surface area contributed by atoms with Crippen LogP contribution in [0.2, 0.25) is 0 Å². The first-order valence-electron chi connectivity index (χ1n) is 9.03. The van der Waals surface area contributed by atoms with Crippen molar-refractivity contribution in [2.45, 2.75) is 84.5 Å². The Bertz CT molecular complexity index is 617. The van der Waals surface area contributed by atoms with Gasteiger partial charge in [-0.25, -0.2) is 0 Å². The average Bonchev–Trinajstić information content (AvgIpc) is 2.49. The molecule has 1 heteroatoms. The fourth-order valence-corrected chi connectivity index (χ4v) is 3.79. The zero-order valence-electron chi connectivity index (χ0n) is 15.8. The minimum absolute atomic E-state index is 0.213. The molecule has 0 bridgehead atoms. The maximum absolute atomic E-state index is 11.0. The number of unbranched alkanes of at least 4 members (excludes halogenated alkanes) is 1. The number of hydrogen-bond acceptors (Lipinski definition) is 1. The maximum Gasteiger partial charge on any atom is 0.143 e. The minimum atomic E-state index is 0.213. The third kappa shape index (κ3) is 3.59. The van der Waals surface area contributed by atoms with Crippen molar-refractivity contribution < 1.29 is 4.79 Å². The fourth-order valence-electron chi connectivity index (χ4n) is 3.79. The van der Waals surface area contributed by atoms with Crippen LogP contribution in [0.25, 0.3) is 5.57 Å². The largest absolute Gasteiger partial charge is 0.299 e. The summed E-state index contributed by atoms with van der Waals surface area (Å²) in [4.78, 5) is 11.0. The summed E-state index contributed by atoms with van der Waals surface area (Å²) in [6, 6.07) is 4.83. The van der Waals surface area contributed by atoms with E-state index in [4.69, 9.17) is 0 Å². The van der Waals surface area contributed by atoms with Crippen LogP contribution in [0, 0.1) is 0 Å². The molecule has 0 fully saturated rings. The van der Waals surface area contributed by atoms with E-state index in [1.54, 1.807) is 6.08 Å². The Morgan fingerprint density at radius 1 is 1.09 bits per heavy atom. The number of fused-ring (bicyclic) bond motifs is 1. The van der Waals surface area contributed by atoms with E-state index in [9.17, 15) is 4.79 Å². The Hall–Kier alpha value is -1.37. The van der Waals surface area contributed by atoms with Gasteiger partial charge in [-0.05, 0) is 77.3 Å². The molecule has 0 saturated heterocycles. The number of hydrogen-bond donors (Lipinski definition) is 0. The van der Waals surface area contributed by atoms with E-state index in [-0.39, 0.29) is 10.8 Å². The van der Waals surface area contributed by atoms with Gasteiger partial charge < -0.3 is 0 Å². The van der Waals surface area contributed by atoms with Crippen molar-refractivity contribution in [3.63, 3.8) is 0 Å². The van der Waals surface area contributed by atoms with Crippen molar-refractivity contribution in [2.24, 2.45) is 0 Å². The molecular weight excluding hydrogens is 280 g/mol. The van der Waals surface area contributed by atoms with E-state index in [0.29, 0.717) is 0 Å². The molecule has 126 valence electrons. The first-order valence-corrected chi connectivity index (χ1v) is 9.03. The summed E-state index contributed by atoms with van der Waals surface area (Å²) in [5.41, 5.74) is 7.22. The molecule has 0 spiro atoms. The van der Waals surface area contributed by atoms with Crippen molar-refractivity contribution in [2.75, 3.05) is 0 Å². The SMILES string of the molecule is CCCCc1cc2c(cc1C(C)=CC=O)C(C)(C)CCC2(C)C. The Labute approximate surface area is 142 Å². The molecule has 1 nitrogen and oxygen atoms in total. The molecule has 0 saturated carbocycles. The topological polar surface area (TPSA) is 17.1 Å². The molecule has 0 unspecified atom stereocenters. The predicted molar refractivity (Wildman–Crippen MR) is 100 cm³/mol. The van der Waals surface area contributed by atoms with Gasteiger partial charge in [0, 0.05) is 0 Å². The van der Waals surface area contributed by atoms with E-state index < -0.39 is 0 Å². The lowest BCUT2D eigenvalue weighted by atomic mass is 9.62. The molecule has 0 heterocycles. The highest BCUT2D eigenvalue weighted by atomic mass is 16.1. The third-order valence-corrected chi connectivity index (χ3v) is 5.62. The maximum atomic E-state index is 11.0. The summed E-state index contributed by atoms with van der Waals surface area (Å²) in [7, 11) is 0. The van der Waals surface area contributed by atoms with Crippen molar-refractivity contribution >= 4 is 11.9 Å². The van der Waals surface area contributed by atoms with Crippen LogP contribution in [0.3, 0.4) is 0 Å². The number of benzene rings is 1. The van der Waals surface area contributed by atoms with Gasteiger partial charge in [-0.15, -0.1) is 0 Å². The molecule has 1 aliphatic carbocycles. The van der Waals surface area contributed by atoms with Gasteiger partial charge in [0.15, 0.2) is 0 Å². The third-order valence-electron chi connectivity index (χ3n) is 5.62. The van der Waals surface area contributed by atoms with E-state index in [0.717, 1.165) is 18.3 Å². The van der Waals surface area contributed by atoms with Crippen LogP contribution >= 0.6 is 0 Å². The Balaban J connectivity index is 2.67. The number of carbonyl (C=O) groups is 1. The molecule has 2 rings (SSSR count). The highest BCUT2D eigenvalue weighted by molar-refractivity contribution is 5.82. The van der Waals surface area contributed by atoms with Gasteiger partial charge in [-0.3, -0.25) is 4.79 Å². The quantitative estimate of drug-likeness (QED) is 0.483. The van der Waals surface area contributed by atoms with Crippen LogP contribution < -0.4 is 0 Å². The van der Waals surface area contributed by atoms with Crippen LogP contribution in [-0.2, 0) is 22.0 Å². The number of allylic oxidation sites excluding steroid dienone is 2. The highest BCUT2D eigenvalue weighted by Crippen LogP contribution is 2.47. The fraction of sp³-hybridized carbons (Fsp3) is 0.591. The Kier molecular flexibility index (Phi) is 5.18. The second-order valence-electron chi connectivity index (χ2n) is 8.41. The lowest BCUT2D eigenvalue weighted by Gasteiger charge is -2.42. The van der Waals surface area contributed by atoms with Gasteiger partial charge in [0.25, 0.3) is 0 Å². The van der Waals surface area contributed by atoms with Gasteiger partial charge in [0.2, 0.25) is 0 Å². The molecular formula is C22H32O. The molecule has 1 aliphatic rings. The Morgan fingerprint density at radius 2 is 1.65 bits per heavy atom. The van der Waals surface area contributed by atoms with E-state index in [1.807, 2.05) is 0 Å². The second-order valence-corrected chi connectivity index (χ2v) is 8.41. The van der Waals surface area contributed by atoms with Crippen molar-refractivity contribution in [1.29, 1.82) is 0 Å². The van der Waals surface area contributed by atoms with E-state index in [1.165, 1.54) is 47.9 Å². The van der Waals surface area contributed by atoms with Crippen molar-refractivity contribution in [3.8, 4) is 0 Å². The van der Waals surface area contributed by atoms with Crippen molar-refractivity contribution in [3.05, 3.63) is 40.5 Å². The van der Waals surface area contributed by atoms with Crippen LogP contribution in [0.4, 0.5) is 0 Å². The predicted octanol–water partition coefficient (Wildman–Crippen LogP) is 5.98.